The van der Waals surface area contributed by atoms with Gasteiger partial charge in [-0.2, -0.15) is 0 Å². The van der Waals surface area contributed by atoms with E-state index in [0.29, 0.717) is 48.8 Å². The van der Waals surface area contributed by atoms with Crippen LogP contribution in [0.4, 0.5) is 0 Å². The quantitative estimate of drug-likeness (QED) is 0.0625. The zero-order valence-electron chi connectivity index (χ0n) is 40.7. The molecule has 4 unspecified atom stereocenters. The van der Waals surface area contributed by atoms with Crippen molar-refractivity contribution in [2.24, 2.45) is 69.0 Å². The fourth-order valence-corrected chi connectivity index (χ4v) is 16.6. The minimum absolute atomic E-state index is 0. The van der Waals surface area contributed by atoms with Gasteiger partial charge in [0, 0.05) is 74.3 Å². The van der Waals surface area contributed by atoms with Crippen molar-refractivity contribution in [2.75, 3.05) is 34.6 Å². The molecule has 0 heterocycles. The summed E-state index contributed by atoms with van der Waals surface area (Å²) in [7, 11) is 1.82. The second-order valence-corrected chi connectivity index (χ2v) is 40.2. The number of halogens is 6. The molecule has 0 aromatic heterocycles. The van der Waals surface area contributed by atoms with Gasteiger partial charge in [-0.3, -0.25) is 9.36 Å². The monoisotopic (exact) mass is 1640 g/mol. The van der Waals surface area contributed by atoms with Crippen molar-refractivity contribution < 1.29 is 71.2 Å². The number of aldehydes is 1. The summed E-state index contributed by atoms with van der Waals surface area (Å²) in [5, 5.41) is 44.0. The number of hydrogen-bond acceptors (Lipinski definition) is 12. The molecule has 392 valence electrons. The van der Waals surface area contributed by atoms with Gasteiger partial charge in [-0.15, -0.1) is 24.0 Å². The van der Waals surface area contributed by atoms with Gasteiger partial charge in [-0.25, -0.2) is 4.79 Å². The number of ether oxygens (including phenoxy) is 2. The number of hydrogen-bond donors (Lipinski definition) is 4. The van der Waals surface area contributed by atoms with Crippen LogP contribution in [0.5, 0.6) is 0 Å². The Bertz CT molecular complexity index is 1710. The Morgan fingerprint density at radius 2 is 1.06 bits per heavy atom. The van der Waals surface area contributed by atoms with E-state index in [2.05, 4.69) is 116 Å². The minimum atomic E-state index is -3.23. The van der Waals surface area contributed by atoms with Crippen molar-refractivity contribution in [1.82, 2.24) is 0 Å². The third kappa shape index (κ3) is 13.1. The maximum absolute atomic E-state index is 12.0. The Kier molecular flexibility index (Phi) is 25.9. The Morgan fingerprint density at radius 3 is 1.45 bits per heavy atom. The van der Waals surface area contributed by atoms with Gasteiger partial charge >= 0.3 is 70.0 Å². The average Bonchev–Trinajstić information content (AvgIpc) is 3.74. The SMILES string of the molecule is COC(=O)/C=C/[C@H]1CC[C@]2(O)C3CC[C@@H]4C[C@@H](O)CC[C@]4(C)C3CC[C@]12C.COC(=O)CP(=O)(OC)OC.C[C@]12CC[C@H](O)C[C@H]1CCC1C2CC[C@]2(C)[C@@H](C=O)CC[C@]12O.I.II.I[I-]I. The molecule has 8 fully saturated rings. The molecular weight excluding hydrogens is 1560 g/mol. The zero-order valence-corrected chi connectivity index (χ0v) is 54.8. The van der Waals surface area contributed by atoms with Crippen LogP contribution in [0, 0.1) is 69.0 Å². The van der Waals surface area contributed by atoms with Gasteiger partial charge in [0.2, 0.25) is 0 Å². The van der Waals surface area contributed by atoms with Crippen LogP contribution in [-0.4, -0.2) is 96.7 Å². The number of allylic oxidation sites excluding steroid dienone is 1. The van der Waals surface area contributed by atoms with E-state index in [1.165, 1.54) is 28.4 Å². The fraction of sp³-hybridized carbons (Fsp3) is 0.896. The molecule has 0 aliphatic heterocycles. The normalized spacial score (nSPS) is 43.5. The van der Waals surface area contributed by atoms with Gasteiger partial charge in [0.25, 0.3) is 0 Å². The van der Waals surface area contributed by atoms with E-state index in [1.54, 1.807) is 6.08 Å². The van der Waals surface area contributed by atoms with Crippen LogP contribution in [0.1, 0.15) is 143 Å². The molecule has 0 spiro atoms. The summed E-state index contributed by atoms with van der Waals surface area (Å²) in [6.07, 6.45) is 22.2. The number of aliphatic hydroxyl groups is 4. The molecule has 0 saturated heterocycles. The molecule has 0 radical (unpaired) electrons. The van der Waals surface area contributed by atoms with E-state index in [0.717, 1.165) is 122 Å². The van der Waals surface area contributed by atoms with Gasteiger partial charge in [0.05, 0.1) is 37.6 Å². The van der Waals surface area contributed by atoms with Gasteiger partial charge in [-0.1, -0.05) is 33.8 Å². The topological polar surface area (TPSA) is 186 Å². The number of carbonyl (C=O) groups excluding carboxylic acids is 3. The molecule has 8 saturated carbocycles. The molecule has 0 amide bonds. The zero-order chi connectivity index (χ0) is 49.5. The number of aliphatic hydroxyl groups excluding tert-OH is 2. The van der Waals surface area contributed by atoms with Crippen molar-refractivity contribution in [3.05, 3.63) is 12.2 Å². The summed E-state index contributed by atoms with van der Waals surface area (Å²) < 4.78 is 29.2. The van der Waals surface area contributed by atoms with Crippen LogP contribution in [0.15, 0.2) is 12.2 Å². The summed E-state index contributed by atoms with van der Waals surface area (Å²) in [4.78, 5) is 33.7. The molecule has 0 aromatic rings. The molecule has 8 aliphatic carbocycles. The fourth-order valence-electron chi connectivity index (χ4n) is 15.7. The predicted octanol–water partition coefficient (Wildman–Crippen LogP) is 8.98. The molecular formula is C48H80I6O12P-. The molecule has 0 bridgehead atoms. The summed E-state index contributed by atoms with van der Waals surface area (Å²) >= 11 is 9.54. The van der Waals surface area contributed by atoms with E-state index in [4.69, 9.17) is 4.74 Å². The van der Waals surface area contributed by atoms with Crippen LogP contribution in [-0.2, 0) is 37.5 Å². The number of fused-ring (bicyclic) bond motifs is 10. The first-order valence-electron chi connectivity index (χ1n) is 23.9. The molecule has 4 N–H and O–H groups in total. The summed E-state index contributed by atoms with van der Waals surface area (Å²) in [6, 6.07) is 0. The maximum atomic E-state index is 12.0. The number of esters is 2. The van der Waals surface area contributed by atoms with Crippen LogP contribution in [0.2, 0.25) is 0 Å². The van der Waals surface area contributed by atoms with Crippen molar-refractivity contribution in [1.29, 1.82) is 0 Å². The van der Waals surface area contributed by atoms with E-state index >= 15 is 0 Å². The average molecular weight is 1640 g/mol. The molecule has 12 nitrogen and oxygen atoms in total. The molecule has 0 aromatic carbocycles. The van der Waals surface area contributed by atoms with E-state index in [-0.39, 0.29) is 81.8 Å². The number of carbonyl (C=O) groups is 3. The Morgan fingerprint density at radius 1 is 0.642 bits per heavy atom. The first kappa shape index (κ1) is 64.0. The van der Waals surface area contributed by atoms with E-state index in [9.17, 15) is 39.4 Å². The Hall–Kier alpha value is 2.72. The third-order valence-electron chi connectivity index (χ3n) is 19.7. The standard InChI is InChI=1S/C23H36O4.C20H32O3.C5H11O5P.I3.I2.HI/c1-21-11-9-17(24)14-16(21)4-6-19-18(21)10-12-22(2)15(5-7-20(25)27-3)8-13-23(19,22)26;1-18-8-6-15(22)11-13(18)3-4-17-16(18)7-9-19(2)14(12-21)5-10-20(17,19)23;1-8-5(6)4-11(7,9-2)10-3;1-3-2;1-2;/h5,7,15-19,24,26H,4,6,8-14H2,1-3H3;12-17,22-23H,3-11H2,1-2H3;4H2,1-3H3;;;1H/q;;;-1;;/b7-5+;;;;;/t15-,16+,17-,18?,19?,21-,22+,23-;13-,14-,15+,16?,17?,18+,19-,20+;;;;/m01..../s1. The summed E-state index contributed by atoms with van der Waals surface area (Å²) in [5.74, 6) is 2.40. The molecule has 19 heteroatoms. The molecule has 8 aliphatic rings. The first-order valence-corrected chi connectivity index (χ1v) is 44.5. The Labute approximate surface area is 471 Å². The predicted molar refractivity (Wildman–Crippen MR) is 303 cm³/mol. The van der Waals surface area contributed by atoms with Crippen molar-refractivity contribution in [3.63, 3.8) is 0 Å². The first-order chi connectivity index (χ1) is 31.1. The van der Waals surface area contributed by atoms with Crippen molar-refractivity contribution in [3.8, 4) is 0 Å². The van der Waals surface area contributed by atoms with E-state index in [1.807, 2.05) is 6.08 Å². The van der Waals surface area contributed by atoms with Crippen LogP contribution in [0.3, 0.4) is 0 Å². The van der Waals surface area contributed by atoms with Crippen LogP contribution in [0.25, 0.3) is 0 Å². The Balaban J connectivity index is 0.000000270. The van der Waals surface area contributed by atoms with Crippen molar-refractivity contribution in [2.45, 2.75) is 167 Å². The molecule has 16 atom stereocenters. The molecule has 67 heavy (non-hydrogen) atoms. The van der Waals surface area contributed by atoms with Crippen LogP contribution < -0.4 is 13.3 Å². The summed E-state index contributed by atoms with van der Waals surface area (Å²) in [5.41, 5.74) is -1.11. The molecule has 8 rings (SSSR count). The van der Waals surface area contributed by atoms with Crippen molar-refractivity contribution >= 4 is 124 Å². The number of rotatable bonds is 7. The van der Waals surface area contributed by atoms with E-state index < -0.39 is 24.8 Å². The van der Waals surface area contributed by atoms with Gasteiger partial charge in [0.1, 0.15) is 12.4 Å². The van der Waals surface area contributed by atoms with Gasteiger partial charge in [-0.05, 0) is 168 Å². The second kappa shape index (κ2) is 27.2. The summed E-state index contributed by atoms with van der Waals surface area (Å²) in [6.45, 7) is 9.30. The van der Waals surface area contributed by atoms with Gasteiger partial charge < -0.3 is 43.7 Å². The number of methoxy groups -OCH3 is 2. The van der Waals surface area contributed by atoms with Crippen LogP contribution >= 0.6 is 106 Å². The third-order valence-corrected chi connectivity index (χ3v) is 21.5. The van der Waals surface area contributed by atoms with Gasteiger partial charge in [0.15, 0.2) is 0 Å². The second-order valence-electron chi connectivity index (χ2n) is 21.7.